The molecule has 0 N–H and O–H groups in total. The average Bonchev–Trinajstić information content (AvgIpc) is 2.99. The molecule has 0 aliphatic carbocycles. The summed E-state index contributed by atoms with van der Waals surface area (Å²) in [6.45, 7) is 3.99. The Morgan fingerprint density at radius 1 is 1.50 bits per heavy atom. The van der Waals surface area contributed by atoms with Gasteiger partial charge in [0.05, 0.1) is 31.3 Å². The van der Waals surface area contributed by atoms with Crippen molar-refractivity contribution in [1.82, 2.24) is 9.13 Å². The molecule has 1 unspecified atom stereocenters. The molecule has 0 saturated carbocycles. The van der Waals surface area contributed by atoms with E-state index >= 15 is 0 Å². The molecule has 1 aliphatic rings. The number of hydrogen-bond acceptors (Lipinski definition) is 6. The van der Waals surface area contributed by atoms with E-state index in [-0.39, 0.29) is 26.8 Å². The van der Waals surface area contributed by atoms with Crippen LogP contribution < -0.4 is 11.2 Å². The Morgan fingerprint density at radius 3 is 2.92 bits per heavy atom. The van der Waals surface area contributed by atoms with Crippen LogP contribution in [0.5, 0.6) is 0 Å². The van der Waals surface area contributed by atoms with Gasteiger partial charge < -0.3 is 13.8 Å². The first-order valence-electron chi connectivity index (χ1n) is 7.83. The monoisotopic (exact) mass is 355 g/mol. The Balaban J connectivity index is 2.08. The van der Waals surface area contributed by atoms with Crippen LogP contribution >= 0.6 is 9.03 Å². The van der Waals surface area contributed by atoms with Gasteiger partial charge in [0, 0.05) is 25.2 Å². The highest BCUT2D eigenvalue weighted by molar-refractivity contribution is 7.26. The van der Waals surface area contributed by atoms with E-state index in [0.29, 0.717) is 25.0 Å². The average molecular weight is 355 g/mol. The van der Waals surface area contributed by atoms with Crippen molar-refractivity contribution in [3.8, 4) is 6.07 Å². The van der Waals surface area contributed by atoms with E-state index in [1.54, 1.807) is 6.92 Å². The molecular formula is C15H22N3O5P. The van der Waals surface area contributed by atoms with Gasteiger partial charge >= 0.3 is 5.69 Å². The Kier molecular flexibility index (Phi) is 6.69. The zero-order chi connectivity index (χ0) is 17.7. The zero-order valence-electron chi connectivity index (χ0n) is 14.0. The van der Waals surface area contributed by atoms with Crippen molar-refractivity contribution in [2.75, 3.05) is 6.61 Å². The fraction of sp³-hybridized carbons (Fsp3) is 0.667. The summed E-state index contributed by atoms with van der Waals surface area (Å²) in [4.78, 5) is 24.1. The number of hydrogen-bond donors (Lipinski definition) is 0. The maximum Gasteiger partial charge on any atom is 0.332 e. The first-order chi connectivity index (χ1) is 11.5. The van der Waals surface area contributed by atoms with Crippen LogP contribution in [0.1, 0.15) is 38.0 Å². The van der Waals surface area contributed by atoms with Crippen molar-refractivity contribution >= 4 is 9.03 Å². The maximum atomic E-state index is 12.3. The molecular weight excluding hydrogens is 333 g/mol. The second kappa shape index (κ2) is 8.54. The van der Waals surface area contributed by atoms with Crippen molar-refractivity contribution in [2.45, 2.75) is 51.5 Å². The molecule has 2 rings (SSSR count). The second-order valence-electron chi connectivity index (χ2n) is 5.64. The fourth-order valence-electron chi connectivity index (χ4n) is 2.64. The maximum absolute atomic E-state index is 12.3. The van der Waals surface area contributed by atoms with Crippen LogP contribution in [0.4, 0.5) is 0 Å². The van der Waals surface area contributed by atoms with Crippen molar-refractivity contribution in [3.63, 3.8) is 0 Å². The van der Waals surface area contributed by atoms with E-state index in [4.69, 9.17) is 19.0 Å². The van der Waals surface area contributed by atoms with Crippen LogP contribution in [0.25, 0.3) is 0 Å². The van der Waals surface area contributed by atoms with Crippen molar-refractivity contribution < 1.29 is 13.8 Å². The number of nitriles is 1. The number of aryl methyl sites for hydroxylation is 1. The number of ether oxygens (including phenoxy) is 1. The molecule has 1 saturated heterocycles. The molecule has 0 radical (unpaired) electrons. The molecule has 9 heteroatoms. The van der Waals surface area contributed by atoms with Crippen LogP contribution in [0, 0.1) is 18.3 Å². The van der Waals surface area contributed by atoms with E-state index in [1.165, 1.54) is 17.8 Å². The summed E-state index contributed by atoms with van der Waals surface area (Å²) < 4.78 is 19.4. The molecule has 4 atom stereocenters. The first-order valence-corrected chi connectivity index (χ1v) is 8.64. The summed E-state index contributed by atoms with van der Waals surface area (Å²) >= 11 is 0. The SMILES string of the molecule is CC[C@H]1O[C@@H](n2cc(C)c(=O)n(C)c2=O)C[C@H]1OPOCCC#N. The minimum Gasteiger partial charge on any atom is -0.352 e. The highest BCUT2D eigenvalue weighted by Gasteiger charge is 2.36. The lowest BCUT2D eigenvalue weighted by Gasteiger charge is -2.17. The van der Waals surface area contributed by atoms with Crippen molar-refractivity contribution in [2.24, 2.45) is 7.05 Å². The molecule has 1 aromatic rings. The minimum absolute atomic E-state index is 0.147. The van der Waals surface area contributed by atoms with Crippen LogP contribution in [0.2, 0.25) is 0 Å². The largest absolute Gasteiger partial charge is 0.352 e. The van der Waals surface area contributed by atoms with Gasteiger partial charge in [-0.1, -0.05) is 6.92 Å². The number of aromatic nitrogens is 2. The highest BCUT2D eigenvalue weighted by Crippen LogP contribution is 2.35. The van der Waals surface area contributed by atoms with Gasteiger partial charge in [0.15, 0.2) is 9.03 Å². The lowest BCUT2D eigenvalue weighted by atomic mass is 10.1. The molecule has 0 amide bonds. The minimum atomic E-state index is -0.471. The van der Waals surface area contributed by atoms with Crippen molar-refractivity contribution in [3.05, 3.63) is 32.6 Å². The predicted molar refractivity (Wildman–Crippen MR) is 88.9 cm³/mol. The summed E-state index contributed by atoms with van der Waals surface area (Å²) in [5.41, 5.74) is -0.222. The standard InChI is InChI=1S/C15H22N3O5P/c1-4-11-12(23-24-21-7-5-6-16)8-13(22-11)18-9-10(2)14(19)17(3)15(18)20/h9,11-13,24H,4-5,7-8H2,1-3H3/t11-,12-,13-/m1/s1. The Morgan fingerprint density at radius 2 is 2.25 bits per heavy atom. The van der Waals surface area contributed by atoms with E-state index in [2.05, 4.69) is 0 Å². The molecule has 0 spiro atoms. The zero-order valence-corrected chi connectivity index (χ0v) is 15.0. The quantitative estimate of drug-likeness (QED) is 0.542. The van der Waals surface area contributed by atoms with Gasteiger partial charge in [0.2, 0.25) is 0 Å². The van der Waals surface area contributed by atoms with Gasteiger partial charge in [-0.25, -0.2) is 4.79 Å². The van der Waals surface area contributed by atoms with E-state index in [9.17, 15) is 9.59 Å². The summed E-state index contributed by atoms with van der Waals surface area (Å²) in [6.07, 6.45) is 2.30. The van der Waals surface area contributed by atoms with E-state index < -0.39 is 11.9 Å². The number of nitrogens with zero attached hydrogens (tertiary/aromatic N) is 3. The molecule has 1 aromatic heterocycles. The molecule has 8 nitrogen and oxygen atoms in total. The first kappa shape index (κ1) is 18.8. The van der Waals surface area contributed by atoms with Crippen LogP contribution in [-0.4, -0.2) is 27.9 Å². The van der Waals surface area contributed by atoms with Gasteiger partial charge in [-0.3, -0.25) is 13.9 Å². The molecule has 24 heavy (non-hydrogen) atoms. The summed E-state index contributed by atoms with van der Waals surface area (Å²) in [7, 11) is 1.29. The van der Waals surface area contributed by atoms with Gasteiger partial charge in [0.1, 0.15) is 6.23 Å². The topological polar surface area (TPSA) is 95.5 Å². The summed E-state index contributed by atoms with van der Waals surface area (Å²) in [5, 5.41) is 8.46. The van der Waals surface area contributed by atoms with Gasteiger partial charge in [-0.2, -0.15) is 5.26 Å². The molecule has 0 bridgehead atoms. The third-order valence-corrected chi connectivity index (χ3v) is 4.67. The van der Waals surface area contributed by atoms with Crippen LogP contribution in [0.3, 0.4) is 0 Å². The number of rotatable bonds is 7. The summed E-state index contributed by atoms with van der Waals surface area (Å²) in [5.74, 6) is 0. The van der Waals surface area contributed by atoms with E-state index in [1.807, 2.05) is 13.0 Å². The molecule has 0 aromatic carbocycles. The van der Waals surface area contributed by atoms with Crippen LogP contribution in [0.15, 0.2) is 15.8 Å². The van der Waals surface area contributed by atoms with Gasteiger partial charge in [-0.15, -0.1) is 0 Å². The molecule has 1 fully saturated rings. The lowest BCUT2D eigenvalue weighted by molar-refractivity contribution is -0.0182. The Bertz CT molecular complexity index is 723. The molecule has 132 valence electrons. The highest BCUT2D eigenvalue weighted by atomic mass is 31.1. The third kappa shape index (κ3) is 4.11. The van der Waals surface area contributed by atoms with Crippen LogP contribution in [-0.2, 0) is 20.8 Å². The molecule has 1 aliphatic heterocycles. The molecule has 2 heterocycles. The fourth-order valence-corrected chi connectivity index (χ4v) is 3.27. The van der Waals surface area contributed by atoms with E-state index in [0.717, 1.165) is 11.0 Å². The normalized spacial score (nSPS) is 23.8. The lowest BCUT2D eigenvalue weighted by Crippen LogP contribution is -2.40. The second-order valence-corrected chi connectivity index (χ2v) is 6.33. The smallest absolute Gasteiger partial charge is 0.332 e. The Labute approximate surface area is 141 Å². The Hall–Kier alpha value is -1.52. The van der Waals surface area contributed by atoms with Gasteiger partial charge in [0.25, 0.3) is 5.56 Å². The van der Waals surface area contributed by atoms with Crippen molar-refractivity contribution in [1.29, 1.82) is 5.26 Å². The van der Waals surface area contributed by atoms with Gasteiger partial charge in [-0.05, 0) is 13.3 Å². The summed E-state index contributed by atoms with van der Waals surface area (Å²) in [6, 6.07) is 2.00. The third-order valence-electron chi connectivity index (χ3n) is 3.95. The predicted octanol–water partition coefficient (Wildman–Crippen LogP) is 1.38.